The average Bonchev–Trinajstić information content (AvgIpc) is 3.14. The molecular weight excluding hydrogens is 381 g/mol. The molecule has 0 radical (unpaired) electrons. The van der Waals surface area contributed by atoms with Gasteiger partial charge in [0.05, 0.1) is 18.2 Å². The highest BCUT2D eigenvalue weighted by molar-refractivity contribution is 5.80. The van der Waals surface area contributed by atoms with Crippen molar-refractivity contribution < 1.29 is 13.2 Å². The zero-order valence-electron chi connectivity index (χ0n) is 17.3. The lowest BCUT2D eigenvalue weighted by Gasteiger charge is -2.22. The Balaban J connectivity index is 2.11. The van der Waals surface area contributed by atoms with Crippen molar-refractivity contribution in [3.63, 3.8) is 0 Å². The fraction of sp³-hybridized carbons (Fsp3) is 0.550. The minimum absolute atomic E-state index is 0.177. The van der Waals surface area contributed by atoms with Crippen molar-refractivity contribution in [3.8, 4) is 0 Å². The third-order valence-corrected chi connectivity index (χ3v) is 4.69. The number of guanidine groups is 1. The van der Waals surface area contributed by atoms with E-state index in [1.165, 1.54) is 12.1 Å². The van der Waals surface area contributed by atoms with E-state index < -0.39 is 11.7 Å². The Morgan fingerprint density at radius 1 is 1.21 bits per heavy atom. The molecule has 0 aliphatic rings. The number of nitrogens with zero attached hydrogens (tertiary/aromatic N) is 4. The second kappa shape index (κ2) is 10.3. The Morgan fingerprint density at radius 2 is 1.97 bits per heavy atom. The first kappa shape index (κ1) is 22.7. The minimum Gasteiger partial charge on any atom is -0.354 e. The van der Waals surface area contributed by atoms with Crippen LogP contribution in [-0.2, 0) is 19.1 Å². The fourth-order valence-corrected chi connectivity index (χ4v) is 2.75. The molecule has 0 fully saturated rings. The molecule has 0 spiro atoms. The minimum atomic E-state index is -4.36. The SMILES string of the molecule is CCc1nncn1CCN=C(NC(C)CC)NC(C)c1cccc(C(F)(F)F)c1. The highest BCUT2D eigenvalue weighted by Crippen LogP contribution is 2.30. The summed E-state index contributed by atoms with van der Waals surface area (Å²) in [5.74, 6) is 1.46. The van der Waals surface area contributed by atoms with Crippen LogP contribution in [0.25, 0.3) is 0 Å². The summed E-state index contributed by atoms with van der Waals surface area (Å²) in [5, 5.41) is 14.5. The van der Waals surface area contributed by atoms with E-state index in [-0.39, 0.29) is 12.1 Å². The van der Waals surface area contributed by atoms with Gasteiger partial charge >= 0.3 is 6.18 Å². The second-order valence-electron chi connectivity index (χ2n) is 6.97. The molecule has 0 aliphatic carbocycles. The predicted molar refractivity (Wildman–Crippen MR) is 108 cm³/mol. The lowest BCUT2D eigenvalue weighted by atomic mass is 10.1. The van der Waals surface area contributed by atoms with Crippen molar-refractivity contribution in [2.24, 2.45) is 4.99 Å². The molecule has 1 heterocycles. The van der Waals surface area contributed by atoms with Crippen LogP contribution in [0.1, 0.15) is 57.1 Å². The molecule has 1 aromatic heterocycles. The van der Waals surface area contributed by atoms with Crippen molar-refractivity contribution >= 4 is 5.96 Å². The summed E-state index contributed by atoms with van der Waals surface area (Å²) in [6, 6.07) is 5.19. The molecule has 6 nitrogen and oxygen atoms in total. The summed E-state index contributed by atoms with van der Waals surface area (Å²) in [6.45, 7) is 9.03. The van der Waals surface area contributed by atoms with Crippen LogP contribution in [0.2, 0.25) is 0 Å². The van der Waals surface area contributed by atoms with Crippen molar-refractivity contribution in [1.29, 1.82) is 0 Å². The van der Waals surface area contributed by atoms with E-state index in [0.717, 1.165) is 24.7 Å². The monoisotopic (exact) mass is 410 g/mol. The van der Waals surface area contributed by atoms with Crippen LogP contribution >= 0.6 is 0 Å². The van der Waals surface area contributed by atoms with Crippen LogP contribution in [0, 0.1) is 0 Å². The zero-order valence-corrected chi connectivity index (χ0v) is 17.3. The summed E-state index contributed by atoms with van der Waals surface area (Å²) in [5.41, 5.74) is -0.109. The number of aromatic nitrogens is 3. The van der Waals surface area contributed by atoms with Gasteiger partial charge in [-0.1, -0.05) is 26.0 Å². The fourth-order valence-electron chi connectivity index (χ4n) is 2.75. The Kier molecular flexibility index (Phi) is 8.04. The number of rotatable bonds is 8. The maximum Gasteiger partial charge on any atom is 0.416 e. The van der Waals surface area contributed by atoms with E-state index in [1.807, 2.05) is 25.3 Å². The Bertz CT molecular complexity index is 800. The molecule has 29 heavy (non-hydrogen) atoms. The van der Waals surface area contributed by atoms with Crippen molar-refractivity contribution in [3.05, 3.63) is 47.5 Å². The Morgan fingerprint density at radius 3 is 2.62 bits per heavy atom. The molecule has 2 atom stereocenters. The normalized spacial score (nSPS) is 14.5. The van der Waals surface area contributed by atoms with Gasteiger partial charge in [0.25, 0.3) is 0 Å². The number of benzene rings is 1. The van der Waals surface area contributed by atoms with Crippen LogP contribution < -0.4 is 10.6 Å². The van der Waals surface area contributed by atoms with Crippen LogP contribution in [0.3, 0.4) is 0 Å². The van der Waals surface area contributed by atoms with Crippen molar-refractivity contribution in [1.82, 2.24) is 25.4 Å². The highest BCUT2D eigenvalue weighted by Gasteiger charge is 2.30. The van der Waals surface area contributed by atoms with E-state index in [9.17, 15) is 13.2 Å². The van der Waals surface area contributed by atoms with Crippen LogP contribution in [-0.4, -0.2) is 33.3 Å². The predicted octanol–water partition coefficient (Wildman–Crippen LogP) is 3.95. The molecule has 0 bridgehead atoms. The standard InChI is InChI=1S/C20H29F3N6/c1-5-14(3)26-19(24-10-11-29-13-25-28-18(29)6-2)27-15(4)16-8-7-9-17(12-16)20(21,22)23/h7-9,12-15H,5-6,10-11H2,1-4H3,(H2,24,26,27). The highest BCUT2D eigenvalue weighted by atomic mass is 19.4. The Hall–Kier alpha value is -2.58. The van der Waals surface area contributed by atoms with Gasteiger partial charge in [-0.25, -0.2) is 0 Å². The third-order valence-electron chi connectivity index (χ3n) is 4.69. The van der Waals surface area contributed by atoms with E-state index >= 15 is 0 Å². The summed E-state index contributed by atoms with van der Waals surface area (Å²) < 4.78 is 41.0. The molecule has 0 saturated carbocycles. The second-order valence-corrected chi connectivity index (χ2v) is 6.97. The molecule has 2 rings (SSSR count). The van der Waals surface area contributed by atoms with Gasteiger partial charge in [0.15, 0.2) is 5.96 Å². The van der Waals surface area contributed by atoms with Gasteiger partial charge in [0, 0.05) is 19.0 Å². The molecule has 1 aromatic carbocycles. The molecule has 2 unspecified atom stereocenters. The average molecular weight is 410 g/mol. The number of alkyl halides is 3. The smallest absolute Gasteiger partial charge is 0.354 e. The quantitative estimate of drug-likeness (QED) is 0.511. The van der Waals surface area contributed by atoms with E-state index in [1.54, 1.807) is 12.4 Å². The van der Waals surface area contributed by atoms with Crippen molar-refractivity contribution in [2.75, 3.05) is 6.54 Å². The van der Waals surface area contributed by atoms with Gasteiger partial charge in [-0.15, -0.1) is 10.2 Å². The number of halogens is 3. The van der Waals surface area contributed by atoms with Crippen molar-refractivity contribution in [2.45, 2.75) is 65.3 Å². The van der Waals surface area contributed by atoms with E-state index in [0.29, 0.717) is 24.6 Å². The first-order valence-electron chi connectivity index (χ1n) is 9.85. The van der Waals surface area contributed by atoms with Gasteiger partial charge < -0.3 is 15.2 Å². The topological polar surface area (TPSA) is 67.1 Å². The van der Waals surface area contributed by atoms with E-state index in [4.69, 9.17) is 0 Å². The first-order valence-corrected chi connectivity index (χ1v) is 9.85. The number of hydrogen-bond donors (Lipinski definition) is 2. The molecule has 0 aliphatic heterocycles. The number of hydrogen-bond acceptors (Lipinski definition) is 3. The molecule has 2 N–H and O–H groups in total. The third kappa shape index (κ3) is 6.76. The summed E-state index contributed by atoms with van der Waals surface area (Å²) in [6.07, 6.45) is -1.01. The van der Waals surface area contributed by atoms with Crippen LogP contribution in [0.4, 0.5) is 13.2 Å². The maximum absolute atomic E-state index is 13.0. The lowest BCUT2D eigenvalue weighted by Crippen LogP contribution is -2.43. The lowest BCUT2D eigenvalue weighted by molar-refractivity contribution is -0.137. The molecule has 0 saturated heterocycles. The molecular formula is C20H29F3N6. The number of aryl methyl sites for hydroxylation is 1. The summed E-state index contributed by atoms with van der Waals surface area (Å²) in [4.78, 5) is 4.59. The maximum atomic E-state index is 13.0. The Labute approximate surface area is 169 Å². The van der Waals surface area contributed by atoms with Crippen LogP contribution in [0.5, 0.6) is 0 Å². The van der Waals surface area contributed by atoms with Gasteiger partial charge in [-0.3, -0.25) is 4.99 Å². The van der Waals surface area contributed by atoms with Crippen LogP contribution in [0.15, 0.2) is 35.6 Å². The number of aliphatic imine (C=N–C) groups is 1. The summed E-state index contributed by atoms with van der Waals surface area (Å²) >= 11 is 0. The van der Waals surface area contributed by atoms with Gasteiger partial charge in [0.2, 0.25) is 0 Å². The van der Waals surface area contributed by atoms with Gasteiger partial charge in [0.1, 0.15) is 12.2 Å². The largest absolute Gasteiger partial charge is 0.416 e. The molecule has 2 aromatic rings. The summed E-state index contributed by atoms with van der Waals surface area (Å²) in [7, 11) is 0. The molecule has 0 amide bonds. The molecule has 160 valence electrons. The van der Waals surface area contributed by atoms with Gasteiger partial charge in [-0.05, 0) is 38.0 Å². The van der Waals surface area contributed by atoms with Gasteiger partial charge in [-0.2, -0.15) is 13.2 Å². The zero-order chi connectivity index (χ0) is 21.4. The van der Waals surface area contributed by atoms with E-state index in [2.05, 4.69) is 32.7 Å². The molecule has 9 heteroatoms. The number of nitrogens with one attached hydrogen (secondary N) is 2. The first-order chi connectivity index (χ1) is 13.7.